The second-order valence-electron chi connectivity index (χ2n) is 7.00. The Morgan fingerprint density at radius 2 is 1.79 bits per heavy atom. The first-order valence-corrected chi connectivity index (χ1v) is 8.49. The van der Waals surface area contributed by atoms with Crippen LogP contribution in [0, 0.1) is 0 Å². The molecule has 3 unspecified atom stereocenters. The Labute approximate surface area is 118 Å². The Hall–Kier alpha value is -0.120. The van der Waals surface area contributed by atoms with Crippen molar-refractivity contribution in [2.24, 2.45) is 5.73 Å². The van der Waals surface area contributed by atoms with Crippen molar-refractivity contribution in [3.8, 4) is 0 Å². The number of rotatable bonds is 2. The number of nitrogens with two attached hydrogens (primary N) is 1. The minimum atomic E-state index is 0.296. The van der Waals surface area contributed by atoms with Crippen LogP contribution in [0.15, 0.2) is 0 Å². The summed E-state index contributed by atoms with van der Waals surface area (Å²) in [6.45, 7) is 7.18. The van der Waals surface area contributed by atoms with Gasteiger partial charge in [-0.1, -0.05) is 19.3 Å². The molecule has 110 valence electrons. The fourth-order valence-electron chi connectivity index (χ4n) is 5.00. The maximum absolute atomic E-state index is 6.35. The molecule has 0 aromatic heterocycles. The van der Waals surface area contributed by atoms with E-state index >= 15 is 0 Å². The van der Waals surface area contributed by atoms with Gasteiger partial charge in [0, 0.05) is 25.2 Å². The van der Waals surface area contributed by atoms with E-state index in [0.717, 1.165) is 18.6 Å². The van der Waals surface area contributed by atoms with E-state index < -0.39 is 0 Å². The molecule has 0 radical (unpaired) electrons. The van der Waals surface area contributed by atoms with Crippen molar-refractivity contribution >= 4 is 0 Å². The predicted molar refractivity (Wildman–Crippen MR) is 80.3 cm³/mol. The number of nitrogens with zero attached hydrogens (tertiary/aromatic N) is 2. The van der Waals surface area contributed by atoms with Gasteiger partial charge in [0.15, 0.2) is 0 Å². The van der Waals surface area contributed by atoms with Crippen LogP contribution in [0.1, 0.15) is 58.3 Å². The highest BCUT2D eigenvalue weighted by Gasteiger charge is 2.51. The Balaban J connectivity index is 1.84. The molecule has 3 heteroatoms. The quantitative estimate of drug-likeness (QED) is 0.831. The first-order valence-electron chi connectivity index (χ1n) is 8.49. The van der Waals surface area contributed by atoms with Gasteiger partial charge in [-0.05, 0) is 52.1 Å². The molecule has 0 saturated carbocycles. The predicted octanol–water partition coefficient (Wildman–Crippen LogP) is 2.21. The van der Waals surface area contributed by atoms with E-state index in [1.165, 1.54) is 71.0 Å². The largest absolute Gasteiger partial charge is 0.329 e. The molecule has 0 aromatic rings. The molecule has 19 heavy (non-hydrogen) atoms. The van der Waals surface area contributed by atoms with Crippen LogP contribution in [-0.4, -0.2) is 53.6 Å². The van der Waals surface area contributed by atoms with Crippen LogP contribution in [-0.2, 0) is 0 Å². The molecule has 2 N–H and O–H groups in total. The molecule has 3 saturated heterocycles. The molecular formula is C16H31N3. The average molecular weight is 265 g/mol. The second-order valence-corrected chi connectivity index (χ2v) is 7.00. The molecule has 0 bridgehead atoms. The highest BCUT2D eigenvalue weighted by molar-refractivity contribution is 5.09. The number of likely N-dealkylation sites (tertiary alicyclic amines) is 1. The molecule has 0 amide bonds. The van der Waals surface area contributed by atoms with Crippen molar-refractivity contribution in [2.75, 3.05) is 26.2 Å². The van der Waals surface area contributed by atoms with Crippen molar-refractivity contribution in [3.63, 3.8) is 0 Å². The van der Waals surface area contributed by atoms with Crippen molar-refractivity contribution in [2.45, 2.75) is 75.9 Å². The highest BCUT2D eigenvalue weighted by atomic mass is 15.3. The molecule has 3 nitrogen and oxygen atoms in total. The van der Waals surface area contributed by atoms with Gasteiger partial charge in [-0.15, -0.1) is 0 Å². The first-order chi connectivity index (χ1) is 9.28. The van der Waals surface area contributed by atoms with Crippen LogP contribution in [0.2, 0.25) is 0 Å². The first kappa shape index (κ1) is 13.8. The Morgan fingerprint density at radius 1 is 1.00 bits per heavy atom. The lowest BCUT2D eigenvalue weighted by atomic mass is 9.82. The average Bonchev–Trinajstić information content (AvgIpc) is 2.69. The summed E-state index contributed by atoms with van der Waals surface area (Å²) < 4.78 is 0. The van der Waals surface area contributed by atoms with Gasteiger partial charge in [-0.25, -0.2) is 0 Å². The van der Waals surface area contributed by atoms with E-state index in [-0.39, 0.29) is 0 Å². The van der Waals surface area contributed by atoms with Crippen LogP contribution in [0.3, 0.4) is 0 Å². The van der Waals surface area contributed by atoms with Crippen molar-refractivity contribution < 1.29 is 0 Å². The Morgan fingerprint density at radius 3 is 2.63 bits per heavy atom. The summed E-state index contributed by atoms with van der Waals surface area (Å²) in [5.74, 6) is 0. The minimum Gasteiger partial charge on any atom is -0.329 e. The van der Waals surface area contributed by atoms with Gasteiger partial charge in [0.2, 0.25) is 0 Å². The molecule has 3 heterocycles. The summed E-state index contributed by atoms with van der Waals surface area (Å²) in [7, 11) is 0. The summed E-state index contributed by atoms with van der Waals surface area (Å²) in [6.07, 6.45) is 11.0. The normalized spacial score (nSPS) is 42.0. The molecule has 0 spiro atoms. The molecule has 3 rings (SSSR count). The van der Waals surface area contributed by atoms with E-state index in [0.29, 0.717) is 5.54 Å². The maximum atomic E-state index is 6.35. The zero-order valence-corrected chi connectivity index (χ0v) is 12.6. The van der Waals surface area contributed by atoms with Crippen LogP contribution in [0.4, 0.5) is 0 Å². The summed E-state index contributed by atoms with van der Waals surface area (Å²) in [6, 6.07) is 1.47. The van der Waals surface area contributed by atoms with E-state index in [9.17, 15) is 0 Å². The summed E-state index contributed by atoms with van der Waals surface area (Å²) in [4.78, 5) is 5.57. The number of fused-ring (bicyclic) bond motifs is 1. The van der Waals surface area contributed by atoms with Crippen LogP contribution in [0.5, 0.6) is 0 Å². The number of hydrogen-bond donors (Lipinski definition) is 1. The van der Waals surface area contributed by atoms with E-state index in [1.54, 1.807) is 0 Å². The third-order valence-corrected chi connectivity index (χ3v) is 6.04. The van der Waals surface area contributed by atoms with Gasteiger partial charge in [0.05, 0.1) is 5.54 Å². The summed E-state index contributed by atoms with van der Waals surface area (Å²) in [5.41, 5.74) is 6.65. The summed E-state index contributed by atoms with van der Waals surface area (Å²) in [5, 5.41) is 0. The lowest BCUT2D eigenvalue weighted by molar-refractivity contribution is 0.0130. The Bertz CT molecular complexity index is 306. The zero-order chi connectivity index (χ0) is 13.3. The Kier molecular flexibility index (Phi) is 4.16. The fraction of sp³-hybridized carbons (Fsp3) is 1.00. The van der Waals surface area contributed by atoms with Crippen molar-refractivity contribution in [3.05, 3.63) is 0 Å². The van der Waals surface area contributed by atoms with E-state index in [2.05, 4.69) is 16.7 Å². The van der Waals surface area contributed by atoms with Crippen LogP contribution >= 0.6 is 0 Å². The molecular weight excluding hydrogens is 234 g/mol. The van der Waals surface area contributed by atoms with Gasteiger partial charge in [-0.2, -0.15) is 0 Å². The van der Waals surface area contributed by atoms with E-state index in [1.807, 2.05) is 0 Å². The molecule has 0 aromatic carbocycles. The zero-order valence-electron chi connectivity index (χ0n) is 12.6. The molecule has 3 atom stereocenters. The molecule has 3 aliphatic rings. The molecule has 3 fully saturated rings. The lowest BCUT2D eigenvalue weighted by Gasteiger charge is -2.49. The van der Waals surface area contributed by atoms with Gasteiger partial charge in [0.25, 0.3) is 0 Å². The van der Waals surface area contributed by atoms with Crippen molar-refractivity contribution in [1.29, 1.82) is 0 Å². The number of hydrogen-bond acceptors (Lipinski definition) is 3. The number of piperidine rings is 1. The van der Waals surface area contributed by atoms with Gasteiger partial charge in [-0.3, -0.25) is 9.80 Å². The van der Waals surface area contributed by atoms with Gasteiger partial charge < -0.3 is 5.73 Å². The lowest BCUT2D eigenvalue weighted by Crippen LogP contribution is -2.63. The van der Waals surface area contributed by atoms with E-state index in [4.69, 9.17) is 5.73 Å². The minimum absolute atomic E-state index is 0.296. The molecule has 0 aliphatic carbocycles. The monoisotopic (exact) mass is 265 g/mol. The smallest absolute Gasteiger partial charge is 0.0501 e. The van der Waals surface area contributed by atoms with Gasteiger partial charge in [0.1, 0.15) is 0 Å². The third-order valence-electron chi connectivity index (χ3n) is 6.04. The van der Waals surface area contributed by atoms with Crippen LogP contribution < -0.4 is 5.73 Å². The maximum Gasteiger partial charge on any atom is 0.0501 e. The summed E-state index contributed by atoms with van der Waals surface area (Å²) >= 11 is 0. The SMILES string of the molecule is CC1CCCCCN1C1(CN)CCN2CCCCC21. The second kappa shape index (κ2) is 5.71. The van der Waals surface area contributed by atoms with Crippen LogP contribution in [0.25, 0.3) is 0 Å². The fourth-order valence-corrected chi connectivity index (χ4v) is 5.00. The third kappa shape index (κ3) is 2.34. The topological polar surface area (TPSA) is 32.5 Å². The highest BCUT2D eigenvalue weighted by Crippen LogP contribution is 2.41. The molecule has 3 aliphatic heterocycles. The standard InChI is InChI=1S/C16H31N3/c1-14-7-3-2-5-11-19(14)16(13-17)9-12-18-10-6-4-8-15(16)18/h14-15H,2-13,17H2,1H3. The van der Waals surface area contributed by atoms with Gasteiger partial charge >= 0.3 is 0 Å². The van der Waals surface area contributed by atoms with Crippen molar-refractivity contribution in [1.82, 2.24) is 9.80 Å².